The van der Waals surface area contributed by atoms with Gasteiger partial charge in [0.25, 0.3) is 0 Å². The van der Waals surface area contributed by atoms with E-state index in [2.05, 4.69) is 41.4 Å². The van der Waals surface area contributed by atoms with Crippen LogP contribution in [0.2, 0.25) is 0 Å². The molecule has 0 aliphatic carbocycles. The van der Waals surface area contributed by atoms with Gasteiger partial charge in [0, 0.05) is 45.8 Å². The standard InChI is InChI=1S/C21H35N3O2/c1-3-22-21(23-13-8-5-9-15-25-2)24-14-12-20(16-24)18-26-17-19-10-6-4-7-11-19/h4,6-7,10-11,20H,3,5,8-9,12-18H2,1-2H3,(H,22,23). The highest BCUT2D eigenvalue weighted by atomic mass is 16.5. The maximum atomic E-state index is 5.93. The van der Waals surface area contributed by atoms with Crippen molar-refractivity contribution < 1.29 is 9.47 Å². The van der Waals surface area contributed by atoms with Crippen LogP contribution in [0.15, 0.2) is 35.3 Å². The van der Waals surface area contributed by atoms with Crippen LogP contribution in [-0.4, -0.2) is 57.4 Å². The van der Waals surface area contributed by atoms with Gasteiger partial charge in [0.05, 0.1) is 13.2 Å². The Bertz CT molecular complexity index is 507. The summed E-state index contributed by atoms with van der Waals surface area (Å²) in [5.74, 6) is 1.65. The molecule has 1 heterocycles. The minimum atomic E-state index is 0.587. The van der Waals surface area contributed by atoms with Gasteiger partial charge in [0.15, 0.2) is 5.96 Å². The number of nitrogens with zero attached hydrogens (tertiary/aromatic N) is 2. The summed E-state index contributed by atoms with van der Waals surface area (Å²) in [5, 5.41) is 3.44. The Balaban J connectivity index is 1.69. The van der Waals surface area contributed by atoms with E-state index in [1.165, 1.54) is 18.4 Å². The van der Waals surface area contributed by atoms with Crippen molar-refractivity contribution in [1.29, 1.82) is 0 Å². The Labute approximate surface area is 158 Å². The van der Waals surface area contributed by atoms with E-state index in [0.717, 1.165) is 58.2 Å². The molecule has 1 aliphatic heterocycles. The number of hydrogen-bond acceptors (Lipinski definition) is 3. The van der Waals surface area contributed by atoms with Gasteiger partial charge in [-0.05, 0) is 38.2 Å². The van der Waals surface area contributed by atoms with E-state index < -0.39 is 0 Å². The molecule has 1 N–H and O–H groups in total. The number of likely N-dealkylation sites (tertiary alicyclic amines) is 1. The van der Waals surface area contributed by atoms with E-state index in [-0.39, 0.29) is 0 Å². The second kappa shape index (κ2) is 12.7. The second-order valence-corrected chi connectivity index (χ2v) is 6.89. The molecular formula is C21H35N3O2. The molecule has 1 unspecified atom stereocenters. The summed E-state index contributed by atoms with van der Waals surface area (Å²) in [4.78, 5) is 7.19. The monoisotopic (exact) mass is 361 g/mol. The van der Waals surface area contributed by atoms with Crippen molar-refractivity contribution in [2.45, 2.75) is 39.2 Å². The molecular weight excluding hydrogens is 326 g/mol. The summed E-state index contributed by atoms with van der Waals surface area (Å²) >= 11 is 0. The summed E-state index contributed by atoms with van der Waals surface area (Å²) < 4.78 is 11.0. The maximum absolute atomic E-state index is 5.93. The summed E-state index contributed by atoms with van der Waals surface area (Å²) in [6.45, 7) is 8.39. The predicted molar refractivity (Wildman–Crippen MR) is 107 cm³/mol. The van der Waals surface area contributed by atoms with E-state index in [1.54, 1.807) is 7.11 Å². The molecule has 1 aliphatic rings. The van der Waals surface area contributed by atoms with Crippen molar-refractivity contribution in [2.24, 2.45) is 10.9 Å². The van der Waals surface area contributed by atoms with Gasteiger partial charge in [0.1, 0.15) is 0 Å². The van der Waals surface area contributed by atoms with Gasteiger partial charge in [-0.15, -0.1) is 0 Å². The van der Waals surface area contributed by atoms with E-state index >= 15 is 0 Å². The van der Waals surface area contributed by atoms with E-state index in [0.29, 0.717) is 12.5 Å². The number of ether oxygens (including phenoxy) is 2. The zero-order chi connectivity index (χ0) is 18.5. The number of unbranched alkanes of at least 4 members (excludes halogenated alkanes) is 2. The van der Waals surface area contributed by atoms with Crippen LogP contribution in [0.5, 0.6) is 0 Å². The molecule has 1 saturated heterocycles. The minimum absolute atomic E-state index is 0.587. The van der Waals surface area contributed by atoms with E-state index in [4.69, 9.17) is 14.5 Å². The van der Waals surface area contributed by atoms with Crippen LogP contribution in [0.4, 0.5) is 0 Å². The molecule has 1 aromatic rings. The number of rotatable bonds is 11. The Morgan fingerprint density at radius 1 is 1.23 bits per heavy atom. The number of guanidine groups is 1. The molecule has 0 spiro atoms. The zero-order valence-electron chi connectivity index (χ0n) is 16.5. The third kappa shape index (κ3) is 7.75. The number of hydrogen-bond donors (Lipinski definition) is 1. The number of methoxy groups -OCH3 is 1. The first-order valence-corrected chi connectivity index (χ1v) is 9.97. The summed E-state index contributed by atoms with van der Waals surface area (Å²) in [7, 11) is 1.76. The highest BCUT2D eigenvalue weighted by molar-refractivity contribution is 5.80. The van der Waals surface area contributed by atoms with Crippen LogP contribution in [-0.2, 0) is 16.1 Å². The molecule has 0 aromatic heterocycles. The Morgan fingerprint density at radius 2 is 2.08 bits per heavy atom. The maximum Gasteiger partial charge on any atom is 0.193 e. The van der Waals surface area contributed by atoms with Crippen LogP contribution < -0.4 is 5.32 Å². The average Bonchev–Trinajstić information content (AvgIpc) is 3.13. The second-order valence-electron chi connectivity index (χ2n) is 6.89. The van der Waals surface area contributed by atoms with Crippen LogP contribution in [0.1, 0.15) is 38.2 Å². The molecule has 5 nitrogen and oxygen atoms in total. The quantitative estimate of drug-likeness (QED) is 0.373. The fourth-order valence-corrected chi connectivity index (χ4v) is 3.22. The summed E-state index contributed by atoms with van der Waals surface area (Å²) in [5.41, 5.74) is 1.24. The SMILES string of the molecule is CCNC(=NCCCCCOC)N1CCC(COCc2ccccc2)C1. The van der Waals surface area contributed by atoms with Crippen LogP contribution in [0.3, 0.4) is 0 Å². The van der Waals surface area contributed by atoms with Gasteiger partial charge >= 0.3 is 0 Å². The van der Waals surface area contributed by atoms with Crippen molar-refractivity contribution in [2.75, 3.05) is 46.5 Å². The molecule has 26 heavy (non-hydrogen) atoms. The highest BCUT2D eigenvalue weighted by Crippen LogP contribution is 2.17. The van der Waals surface area contributed by atoms with E-state index in [1.807, 2.05) is 6.07 Å². The largest absolute Gasteiger partial charge is 0.385 e. The topological polar surface area (TPSA) is 46.1 Å². The normalized spacial score (nSPS) is 17.7. The van der Waals surface area contributed by atoms with Crippen molar-refractivity contribution >= 4 is 5.96 Å². The summed E-state index contributed by atoms with van der Waals surface area (Å²) in [6, 6.07) is 10.4. The minimum Gasteiger partial charge on any atom is -0.385 e. The molecule has 1 fully saturated rings. The lowest BCUT2D eigenvalue weighted by atomic mass is 10.1. The molecule has 0 radical (unpaired) electrons. The molecule has 1 atom stereocenters. The third-order valence-corrected chi connectivity index (χ3v) is 4.65. The Morgan fingerprint density at radius 3 is 2.85 bits per heavy atom. The summed E-state index contributed by atoms with van der Waals surface area (Å²) in [6.07, 6.45) is 4.59. The van der Waals surface area contributed by atoms with Gasteiger partial charge in [-0.1, -0.05) is 30.3 Å². The molecule has 146 valence electrons. The zero-order valence-corrected chi connectivity index (χ0v) is 16.5. The van der Waals surface area contributed by atoms with Crippen molar-refractivity contribution in [3.05, 3.63) is 35.9 Å². The smallest absolute Gasteiger partial charge is 0.193 e. The van der Waals surface area contributed by atoms with Crippen molar-refractivity contribution in [3.8, 4) is 0 Å². The first-order chi connectivity index (χ1) is 12.8. The fraction of sp³-hybridized carbons (Fsp3) is 0.667. The van der Waals surface area contributed by atoms with Crippen molar-refractivity contribution in [3.63, 3.8) is 0 Å². The molecule has 2 rings (SSSR count). The average molecular weight is 362 g/mol. The van der Waals surface area contributed by atoms with Crippen molar-refractivity contribution in [1.82, 2.24) is 10.2 Å². The first-order valence-electron chi connectivity index (χ1n) is 9.97. The van der Waals surface area contributed by atoms with E-state index in [9.17, 15) is 0 Å². The van der Waals surface area contributed by atoms with Crippen LogP contribution >= 0.6 is 0 Å². The van der Waals surface area contributed by atoms with Gasteiger partial charge in [-0.25, -0.2) is 0 Å². The number of aliphatic imine (C=N–C) groups is 1. The first kappa shape index (κ1) is 20.7. The van der Waals surface area contributed by atoms with Crippen LogP contribution in [0, 0.1) is 5.92 Å². The van der Waals surface area contributed by atoms with Gasteiger partial charge < -0.3 is 19.7 Å². The number of benzene rings is 1. The molecule has 0 bridgehead atoms. The molecule has 1 aromatic carbocycles. The molecule has 0 amide bonds. The molecule has 5 heteroatoms. The highest BCUT2D eigenvalue weighted by Gasteiger charge is 2.24. The Kier molecular flexibility index (Phi) is 10.1. The van der Waals surface area contributed by atoms with Gasteiger partial charge in [-0.2, -0.15) is 0 Å². The molecule has 0 saturated carbocycles. The predicted octanol–water partition coefficient (Wildman–Crippen LogP) is 3.31. The lowest BCUT2D eigenvalue weighted by Crippen LogP contribution is -2.40. The van der Waals surface area contributed by atoms with Gasteiger partial charge in [-0.3, -0.25) is 4.99 Å². The third-order valence-electron chi connectivity index (χ3n) is 4.65. The lowest BCUT2D eigenvalue weighted by Gasteiger charge is -2.21. The lowest BCUT2D eigenvalue weighted by molar-refractivity contribution is 0.0907. The number of nitrogens with one attached hydrogen (secondary N) is 1. The van der Waals surface area contributed by atoms with Crippen LogP contribution in [0.25, 0.3) is 0 Å². The fourth-order valence-electron chi connectivity index (χ4n) is 3.22. The van der Waals surface area contributed by atoms with Gasteiger partial charge in [0.2, 0.25) is 0 Å². The Hall–Kier alpha value is -1.59.